The van der Waals surface area contributed by atoms with Crippen LogP contribution in [0.3, 0.4) is 0 Å². The highest BCUT2D eigenvalue weighted by Crippen LogP contribution is 2.65. The van der Waals surface area contributed by atoms with Gasteiger partial charge in [0.15, 0.2) is 29.3 Å². The smallest absolute Gasteiger partial charge is 0.338 e. The van der Waals surface area contributed by atoms with E-state index in [1.54, 1.807) is 78.9 Å². The minimum Gasteiger partial charge on any atom is -0.545 e. The van der Waals surface area contributed by atoms with Crippen LogP contribution in [0.4, 0.5) is 5.69 Å². The Morgan fingerprint density at radius 1 is 0.745 bits per heavy atom. The highest BCUT2D eigenvalue weighted by atomic mass is 28.3. The van der Waals surface area contributed by atoms with Gasteiger partial charge in [-0.3, -0.25) is 24.0 Å². The van der Waals surface area contributed by atoms with Crippen molar-refractivity contribution in [3.63, 3.8) is 0 Å². The van der Waals surface area contributed by atoms with Crippen molar-refractivity contribution in [1.29, 1.82) is 0 Å². The zero-order valence-electron chi connectivity index (χ0n) is 58.2. The third-order valence-electron chi connectivity index (χ3n) is 22.5. The van der Waals surface area contributed by atoms with Gasteiger partial charge in [0.2, 0.25) is 0 Å². The number of carbonyl (C=O) groups excluding carboxylic acids is 9. The summed E-state index contributed by atoms with van der Waals surface area (Å²) >= 11 is 0. The number of aromatic carboxylic acids is 1. The van der Waals surface area contributed by atoms with E-state index in [-0.39, 0.29) is 39.0 Å². The van der Waals surface area contributed by atoms with Crippen LogP contribution in [0.15, 0.2) is 168 Å². The Labute approximate surface area is 591 Å². The number of Topliss-reactive ketones (excluding diaryl/α,β-unsaturated/α-hetero) is 1. The van der Waals surface area contributed by atoms with Gasteiger partial charge in [0, 0.05) is 79.7 Å². The summed E-state index contributed by atoms with van der Waals surface area (Å²) in [6.07, 6.45) is -3.52. The third-order valence-corrected chi connectivity index (χ3v) is 26.0. The van der Waals surface area contributed by atoms with E-state index in [1.165, 1.54) is 65.0 Å². The number of ether oxygens (including phenoxy) is 6. The van der Waals surface area contributed by atoms with Gasteiger partial charge in [0.25, 0.3) is 11.8 Å². The van der Waals surface area contributed by atoms with Crippen molar-refractivity contribution in [1.82, 2.24) is 10.6 Å². The number of ketones is 1. The van der Waals surface area contributed by atoms with Gasteiger partial charge >= 0.3 is 29.8 Å². The van der Waals surface area contributed by atoms with E-state index in [0.717, 1.165) is 85.8 Å². The Bertz CT molecular complexity index is 4500. The Kier molecular flexibility index (Phi) is 18.5. The lowest BCUT2D eigenvalue weighted by Crippen LogP contribution is -2.82. The second-order valence-corrected chi connectivity index (χ2v) is 33.5. The molecule has 0 radical (unpaired) electrons. The molecule has 4 N–H and O–H groups in total. The number of benzene rings is 5. The van der Waals surface area contributed by atoms with E-state index < -0.39 is 158 Å². The van der Waals surface area contributed by atoms with Crippen molar-refractivity contribution in [3.8, 4) is 0 Å². The molecule has 530 valence electrons. The minimum absolute atomic E-state index is 0.0252. The number of carboxylic acids is 1. The van der Waals surface area contributed by atoms with Crippen molar-refractivity contribution in [3.05, 3.63) is 206 Å². The molecule has 22 nitrogen and oxygen atoms in total. The highest BCUT2D eigenvalue weighted by Gasteiger charge is 2.79. The summed E-state index contributed by atoms with van der Waals surface area (Å²) in [5, 5.41) is 47.5. The van der Waals surface area contributed by atoms with Crippen LogP contribution in [0.2, 0.25) is 13.1 Å². The largest absolute Gasteiger partial charge is 0.545 e. The molecular formula is C79H82N4O18Si. The molecule has 102 heavy (non-hydrogen) atoms. The number of nitrogens with one attached hydrogen (secondary N) is 2. The Morgan fingerprint density at radius 3 is 2.00 bits per heavy atom. The number of aliphatic hydroxyl groups excluding tert-OH is 1. The summed E-state index contributed by atoms with van der Waals surface area (Å²) in [6, 6.07) is 31.3. The number of amides is 2. The zero-order chi connectivity index (χ0) is 72.7. The number of aliphatic hydroxyl groups is 2. The zero-order valence-corrected chi connectivity index (χ0v) is 59.2. The minimum atomic E-state index is -2.61. The van der Waals surface area contributed by atoms with E-state index in [0.29, 0.717) is 11.1 Å². The summed E-state index contributed by atoms with van der Waals surface area (Å²) in [7, 11) is -2.52. The first kappa shape index (κ1) is 70.5. The fraction of sp³-hybridized carbons (Fsp3) is 0.392. The fourth-order valence-electron chi connectivity index (χ4n) is 16.6. The summed E-state index contributed by atoms with van der Waals surface area (Å²) in [5.74, 6) is -11.1. The van der Waals surface area contributed by atoms with Crippen LogP contribution >= 0.6 is 0 Å². The third kappa shape index (κ3) is 12.0. The summed E-state index contributed by atoms with van der Waals surface area (Å²) in [6.45, 7) is 17.2. The average molecular weight is 1400 g/mol. The monoisotopic (exact) mass is 1400 g/mol. The van der Waals surface area contributed by atoms with Gasteiger partial charge in [-0.1, -0.05) is 106 Å². The molecule has 4 aliphatic carbocycles. The van der Waals surface area contributed by atoms with Gasteiger partial charge in [0.1, 0.15) is 57.2 Å². The van der Waals surface area contributed by atoms with Gasteiger partial charge in [-0.05, 0) is 131 Å². The Balaban J connectivity index is 0.879. The highest BCUT2D eigenvalue weighted by molar-refractivity contribution is 6.98. The van der Waals surface area contributed by atoms with Gasteiger partial charge < -0.3 is 64.1 Å². The molecule has 12 atom stereocenters. The van der Waals surface area contributed by atoms with E-state index >= 15 is 14.4 Å². The summed E-state index contributed by atoms with van der Waals surface area (Å²) in [4.78, 5) is 134. The molecule has 2 bridgehead atoms. The molecule has 5 aromatic rings. The second kappa shape index (κ2) is 26.8. The number of rotatable bonds is 17. The topological polar surface area (TPSA) is 303 Å². The van der Waals surface area contributed by atoms with Crippen LogP contribution in [0.1, 0.15) is 138 Å². The van der Waals surface area contributed by atoms with Gasteiger partial charge in [-0.25, -0.2) is 19.0 Å². The second-order valence-electron chi connectivity index (χ2n) is 29.1. The van der Waals surface area contributed by atoms with Crippen LogP contribution in [0.25, 0.3) is 5.57 Å². The molecule has 2 saturated carbocycles. The van der Waals surface area contributed by atoms with Crippen molar-refractivity contribution < 1.29 is 91.5 Å². The van der Waals surface area contributed by atoms with Crippen LogP contribution in [0.5, 0.6) is 0 Å². The SMILES string of the molecule is CC(=O)O[C@H]1C(=O)[C@@]2(C)C([C@H](OC(=O)c3ccccc3)[C@]3(O)C[C@H](OC(=O)[C@H](O)[C@@H](NC(=O)c4ccccc4)c4ccccc4)C(C)=C1C3(C)C)[C@]1(OC(C)=O)CO[C@@H]1C[C@@H]2OC(=O)[C@H](C)NC(=O)c1ccc(C(=O)[O-])c(C2=C3C=CC(=[N+]4CCC4)C=C3[Si](C)(C)c3cc(N4CCC4)ccc32)c1. The first-order valence-corrected chi connectivity index (χ1v) is 37.6. The molecule has 5 fully saturated rings. The van der Waals surface area contributed by atoms with E-state index in [9.17, 15) is 44.1 Å². The molecule has 2 amide bonds. The molecule has 3 saturated heterocycles. The lowest BCUT2D eigenvalue weighted by atomic mass is 9.44. The lowest BCUT2D eigenvalue weighted by Gasteiger charge is -2.67. The number of fused-ring (bicyclic) bond motifs is 7. The van der Waals surface area contributed by atoms with Crippen LogP contribution in [-0.2, 0) is 52.4 Å². The average Bonchev–Trinajstić information content (AvgIpc) is 0.668. The molecule has 0 spiro atoms. The molecule has 4 aliphatic heterocycles. The van der Waals surface area contributed by atoms with Gasteiger partial charge in [0.05, 0.1) is 41.9 Å². The molecule has 13 rings (SSSR count). The van der Waals surface area contributed by atoms with Crippen molar-refractivity contribution in [2.75, 3.05) is 37.7 Å². The maximum atomic E-state index is 16.8. The quantitative estimate of drug-likeness (QED) is 0.0261. The first-order valence-electron chi connectivity index (χ1n) is 34.6. The van der Waals surface area contributed by atoms with Crippen LogP contribution in [-0.4, -0.2) is 169 Å². The molecule has 23 heteroatoms. The summed E-state index contributed by atoms with van der Waals surface area (Å²) in [5.41, 5.74) is -3.99. The van der Waals surface area contributed by atoms with Crippen molar-refractivity contribution >= 4 is 83.6 Å². The van der Waals surface area contributed by atoms with Gasteiger partial charge in [-0.15, -0.1) is 0 Å². The molecule has 5 aromatic carbocycles. The molecular weight excluding hydrogens is 1320 g/mol. The number of carbonyl (C=O) groups is 9. The fourth-order valence-corrected chi connectivity index (χ4v) is 19.7. The standard InChI is InChI=1S/C79H82N4O18Si/c1-43-57(98-75(94)65(86)64(47-21-13-10-14-22-47)81-70(88)48-23-15-11-16-24-48)41-79(95)69(100-74(93)49-25-17-12-18-26-49)67-77(7,68(87)66(97-45(3)84)63(43)76(79,5)6)60(40-61-78(67,42-96-61)101-46(4)85)99-73(92)44(2)80-71(89)50-27-30-53(72(90)91)56(37-50)62-54-31-28-51(82-33-19-34-82)38-58(54)102(8,9)59-39-52(29-32-55(59)62)83-35-20-36-83/h10-18,21-32,37-39,44,57,60-61,64-67,69,86,95H,19-20,33-36,40-42H2,1-9H3,(H2-,80,81,88,89,90,91)/t44-,57-,60-,61+,64-,65+,66+,67?,69-,77+,78-,79+/m0/s1. The number of allylic oxidation sites excluding steroid dienone is 5. The van der Waals surface area contributed by atoms with Crippen LogP contribution in [0, 0.1) is 16.7 Å². The molecule has 8 aliphatic rings. The van der Waals surface area contributed by atoms with Crippen molar-refractivity contribution in [2.45, 2.75) is 147 Å². The normalized spacial score (nSPS) is 27.2. The number of esters is 5. The lowest BCUT2D eigenvalue weighted by molar-refractivity contribution is -0.582. The number of hydrogen-bond acceptors (Lipinski definition) is 19. The number of hydrogen-bond donors (Lipinski definition) is 4. The van der Waals surface area contributed by atoms with E-state index in [4.69, 9.17) is 28.4 Å². The number of carboxylic acid groups (broad SMARTS) is 1. The van der Waals surface area contributed by atoms with Crippen molar-refractivity contribution in [2.24, 2.45) is 16.7 Å². The predicted octanol–water partition coefficient (Wildman–Crippen LogP) is 6.30. The number of nitrogens with zero attached hydrogens (tertiary/aromatic N) is 2. The Hall–Kier alpha value is -9.94. The van der Waals surface area contributed by atoms with E-state index in [1.807, 2.05) is 24.3 Å². The number of anilines is 1. The predicted molar refractivity (Wildman–Crippen MR) is 373 cm³/mol. The molecule has 0 aromatic heterocycles. The van der Waals surface area contributed by atoms with Crippen LogP contribution < -0.4 is 25.8 Å². The first-order chi connectivity index (χ1) is 48.5. The van der Waals surface area contributed by atoms with Gasteiger partial charge in [-0.2, -0.15) is 0 Å². The van der Waals surface area contributed by atoms with E-state index in [2.05, 4.69) is 45.3 Å². The maximum Gasteiger partial charge on any atom is 0.338 e. The molecule has 1 unspecified atom stereocenters. The summed E-state index contributed by atoms with van der Waals surface area (Å²) < 4.78 is 40.5. The Morgan fingerprint density at radius 2 is 1.40 bits per heavy atom. The maximum absolute atomic E-state index is 16.8. The molecule has 4 heterocycles.